The van der Waals surface area contributed by atoms with Gasteiger partial charge in [-0.25, -0.2) is 13.4 Å². The maximum absolute atomic E-state index is 12.6. The molecule has 0 unspecified atom stereocenters. The summed E-state index contributed by atoms with van der Waals surface area (Å²) in [6, 6.07) is 0.128. The van der Waals surface area contributed by atoms with Crippen molar-refractivity contribution in [3.8, 4) is 0 Å². The molecule has 98 valence electrons. The van der Waals surface area contributed by atoms with Gasteiger partial charge in [-0.3, -0.25) is 4.40 Å². The van der Waals surface area contributed by atoms with Gasteiger partial charge in [0, 0.05) is 24.2 Å². The Labute approximate surface area is 109 Å². The van der Waals surface area contributed by atoms with Crippen molar-refractivity contribution < 1.29 is 8.42 Å². The second-order valence-corrected chi connectivity index (χ2v) is 6.98. The first kappa shape index (κ1) is 11.9. The number of imidazole rings is 1. The summed E-state index contributed by atoms with van der Waals surface area (Å²) in [5, 5.41) is 1.90. The van der Waals surface area contributed by atoms with Gasteiger partial charge in [-0.05, 0) is 12.8 Å². The Balaban J connectivity index is 2.17. The molecule has 1 aliphatic rings. The molecule has 0 spiro atoms. The van der Waals surface area contributed by atoms with E-state index in [1.165, 1.54) is 15.6 Å². The van der Waals surface area contributed by atoms with Gasteiger partial charge >= 0.3 is 0 Å². The fraction of sp³-hybridized carbons (Fsp3) is 0.500. The second kappa shape index (κ2) is 3.94. The zero-order valence-corrected chi connectivity index (χ0v) is 11.5. The van der Waals surface area contributed by atoms with Gasteiger partial charge in [0.1, 0.15) is 0 Å². The van der Waals surface area contributed by atoms with E-state index in [0.29, 0.717) is 11.5 Å². The molecule has 0 radical (unpaired) electrons. The fourth-order valence-corrected chi connectivity index (χ4v) is 4.79. The molecule has 6 nitrogen and oxygen atoms in total. The van der Waals surface area contributed by atoms with E-state index in [2.05, 4.69) is 4.98 Å². The predicted molar refractivity (Wildman–Crippen MR) is 70.1 cm³/mol. The molecule has 1 saturated carbocycles. The predicted octanol–water partition coefficient (Wildman–Crippen LogP) is 1.15. The van der Waals surface area contributed by atoms with E-state index in [1.807, 2.05) is 6.92 Å². The van der Waals surface area contributed by atoms with E-state index >= 15 is 0 Å². The van der Waals surface area contributed by atoms with Crippen LogP contribution in [0.3, 0.4) is 0 Å². The van der Waals surface area contributed by atoms with Crippen LogP contribution in [0.25, 0.3) is 4.96 Å². The van der Waals surface area contributed by atoms with Gasteiger partial charge in [0.05, 0.1) is 0 Å². The molecule has 0 atom stereocenters. The number of anilines is 1. The van der Waals surface area contributed by atoms with Crippen molar-refractivity contribution in [1.29, 1.82) is 0 Å². The number of nitrogens with zero attached hydrogens (tertiary/aromatic N) is 3. The minimum absolute atomic E-state index is 0.0842. The van der Waals surface area contributed by atoms with Gasteiger partial charge in [-0.1, -0.05) is 6.92 Å². The summed E-state index contributed by atoms with van der Waals surface area (Å²) >= 11 is 1.37. The van der Waals surface area contributed by atoms with Crippen LogP contribution in [-0.2, 0) is 10.0 Å². The third-order valence-electron chi connectivity index (χ3n) is 3.06. The average molecular weight is 286 g/mol. The summed E-state index contributed by atoms with van der Waals surface area (Å²) in [6.07, 6.45) is 3.55. The number of aromatic nitrogens is 2. The molecule has 0 saturated heterocycles. The van der Waals surface area contributed by atoms with E-state index in [4.69, 9.17) is 5.73 Å². The number of hydrogen-bond donors (Lipinski definition) is 1. The minimum atomic E-state index is -3.56. The van der Waals surface area contributed by atoms with Crippen molar-refractivity contribution in [2.45, 2.75) is 30.8 Å². The normalized spacial score (nSPS) is 16.8. The zero-order chi connectivity index (χ0) is 12.9. The molecular weight excluding hydrogens is 272 g/mol. The van der Waals surface area contributed by atoms with E-state index in [1.54, 1.807) is 16.0 Å². The van der Waals surface area contributed by atoms with Crippen LogP contribution < -0.4 is 5.73 Å². The molecular formula is C10H14N4O2S2. The molecule has 0 aliphatic heterocycles. The molecule has 0 bridgehead atoms. The maximum Gasteiger partial charge on any atom is 0.263 e. The number of nitrogens with two attached hydrogens (primary N) is 1. The Kier molecular flexibility index (Phi) is 2.61. The third-order valence-corrected chi connectivity index (χ3v) is 5.89. The standard InChI is InChI=1S/C10H14N4O2S2/c1-2-14(7-3-4-7)18(15,16)9-8(11)12-10-13(9)5-6-17-10/h5-7H,2-4,11H2,1H3. The minimum Gasteiger partial charge on any atom is -0.381 e. The monoisotopic (exact) mass is 286 g/mol. The third kappa shape index (κ3) is 1.63. The Morgan fingerprint density at radius 1 is 1.61 bits per heavy atom. The highest BCUT2D eigenvalue weighted by atomic mass is 32.2. The first-order chi connectivity index (χ1) is 8.55. The van der Waals surface area contributed by atoms with Crippen molar-refractivity contribution in [2.75, 3.05) is 12.3 Å². The lowest BCUT2D eigenvalue weighted by molar-refractivity contribution is 0.418. The Morgan fingerprint density at radius 2 is 2.33 bits per heavy atom. The lowest BCUT2D eigenvalue weighted by atomic mass is 10.6. The second-order valence-electron chi connectivity index (χ2n) is 4.30. The van der Waals surface area contributed by atoms with Gasteiger partial charge in [0.15, 0.2) is 15.8 Å². The van der Waals surface area contributed by atoms with Gasteiger partial charge in [0.2, 0.25) is 0 Å². The van der Waals surface area contributed by atoms with Crippen molar-refractivity contribution >= 4 is 32.1 Å². The summed E-state index contributed by atoms with van der Waals surface area (Å²) in [6.45, 7) is 2.31. The molecule has 0 aromatic carbocycles. The smallest absolute Gasteiger partial charge is 0.263 e. The maximum atomic E-state index is 12.6. The largest absolute Gasteiger partial charge is 0.381 e. The van der Waals surface area contributed by atoms with Crippen molar-refractivity contribution in [3.63, 3.8) is 0 Å². The lowest BCUT2D eigenvalue weighted by Gasteiger charge is -2.19. The van der Waals surface area contributed by atoms with Crippen LogP contribution in [0.1, 0.15) is 19.8 Å². The molecule has 18 heavy (non-hydrogen) atoms. The highest BCUT2D eigenvalue weighted by molar-refractivity contribution is 7.89. The number of rotatable bonds is 4. The molecule has 2 N–H and O–H groups in total. The molecule has 8 heteroatoms. The number of sulfonamides is 1. The number of nitrogen functional groups attached to an aromatic ring is 1. The SMILES string of the molecule is CCN(C1CC1)S(=O)(=O)c1c(N)nc2sccn12. The van der Waals surface area contributed by atoms with Gasteiger partial charge in [0.25, 0.3) is 10.0 Å². The van der Waals surface area contributed by atoms with E-state index in [0.717, 1.165) is 12.8 Å². The van der Waals surface area contributed by atoms with Crippen LogP contribution >= 0.6 is 11.3 Å². The number of hydrogen-bond acceptors (Lipinski definition) is 5. The fourth-order valence-electron chi connectivity index (χ4n) is 2.14. The molecule has 2 heterocycles. The highest BCUT2D eigenvalue weighted by Crippen LogP contribution is 2.34. The summed E-state index contributed by atoms with van der Waals surface area (Å²) in [7, 11) is -3.56. The van der Waals surface area contributed by atoms with Gasteiger partial charge < -0.3 is 5.73 Å². The van der Waals surface area contributed by atoms with Crippen LogP contribution in [0.4, 0.5) is 5.82 Å². The van der Waals surface area contributed by atoms with E-state index < -0.39 is 10.0 Å². The van der Waals surface area contributed by atoms with Crippen LogP contribution in [0.15, 0.2) is 16.6 Å². The zero-order valence-electron chi connectivity index (χ0n) is 9.91. The van der Waals surface area contributed by atoms with Crippen molar-refractivity contribution in [1.82, 2.24) is 13.7 Å². The summed E-state index contributed by atoms with van der Waals surface area (Å²) in [4.78, 5) is 4.70. The summed E-state index contributed by atoms with van der Waals surface area (Å²) in [5.41, 5.74) is 5.77. The average Bonchev–Trinajstić information content (AvgIpc) is 2.91. The molecule has 2 aromatic rings. The van der Waals surface area contributed by atoms with E-state index in [9.17, 15) is 8.42 Å². The molecule has 3 rings (SSSR count). The van der Waals surface area contributed by atoms with Crippen molar-refractivity contribution in [3.05, 3.63) is 11.6 Å². The first-order valence-electron chi connectivity index (χ1n) is 5.78. The summed E-state index contributed by atoms with van der Waals surface area (Å²) in [5.74, 6) is 0.0842. The van der Waals surface area contributed by atoms with E-state index in [-0.39, 0.29) is 16.9 Å². The summed E-state index contributed by atoms with van der Waals surface area (Å²) < 4.78 is 28.3. The number of thiazole rings is 1. The molecule has 1 aliphatic carbocycles. The quantitative estimate of drug-likeness (QED) is 0.914. The van der Waals surface area contributed by atoms with Crippen LogP contribution in [0.5, 0.6) is 0 Å². The van der Waals surface area contributed by atoms with Crippen LogP contribution in [0, 0.1) is 0 Å². The number of fused-ring (bicyclic) bond motifs is 1. The molecule has 2 aromatic heterocycles. The highest BCUT2D eigenvalue weighted by Gasteiger charge is 2.39. The Morgan fingerprint density at radius 3 is 2.94 bits per heavy atom. The molecule has 0 amide bonds. The van der Waals surface area contributed by atoms with Crippen LogP contribution in [0.2, 0.25) is 0 Å². The first-order valence-corrected chi connectivity index (χ1v) is 8.10. The Hall–Kier alpha value is -1.12. The van der Waals surface area contributed by atoms with Gasteiger partial charge in [-0.2, -0.15) is 4.31 Å². The Bertz CT molecular complexity index is 684. The van der Waals surface area contributed by atoms with Crippen LogP contribution in [-0.4, -0.2) is 34.7 Å². The topological polar surface area (TPSA) is 80.7 Å². The lowest BCUT2D eigenvalue weighted by Crippen LogP contribution is -2.34. The van der Waals surface area contributed by atoms with Crippen molar-refractivity contribution in [2.24, 2.45) is 0 Å². The van der Waals surface area contributed by atoms with Gasteiger partial charge in [-0.15, -0.1) is 11.3 Å². The molecule has 1 fully saturated rings.